The highest BCUT2D eigenvalue weighted by Crippen LogP contribution is 2.25. The first-order valence-electron chi connectivity index (χ1n) is 6.91. The molecule has 1 fully saturated rings. The molecule has 0 saturated carbocycles. The molecular weight excluding hydrogens is 236 g/mol. The van der Waals surface area contributed by atoms with E-state index in [0.717, 1.165) is 35.6 Å². The molecule has 2 nitrogen and oxygen atoms in total. The van der Waals surface area contributed by atoms with Crippen LogP contribution in [-0.2, 0) is 4.74 Å². The second-order valence-corrected chi connectivity index (χ2v) is 5.20. The number of ether oxygens (including phenoxy) is 1. The van der Waals surface area contributed by atoms with Crippen molar-refractivity contribution in [2.24, 2.45) is 0 Å². The lowest BCUT2D eigenvalue weighted by molar-refractivity contribution is 0.0188. The van der Waals surface area contributed by atoms with Crippen molar-refractivity contribution < 1.29 is 9.53 Å². The zero-order chi connectivity index (χ0) is 13.2. The monoisotopic (exact) mass is 254 g/mol. The van der Waals surface area contributed by atoms with Crippen molar-refractivity contribution in [2.75, 3.05) is 6.61 Å². The van der Waals surface area contributed by atoms with Crippen LogP contribution in [0.4, 0.5) is 0 Å². The maximum Gasteiger partial charge on any atom is 0.192 e. The highest BCUT2D eigenvalue weighted by atomic mass is 16.5. The molecule has 3 rings (SSSR count). The molecule has 0 aliphatic carbocycles. The van der Waals surface area contributed by atoms with E-state index >= 15 is 0 Å². The van der Waals surface area contributed by atoms with Crippen LogP contribution in [0.5, 0.6) is 0 Å². The van der Waals surface area contributed by atoms with Gasteiger partial charge in [-0.1, -0.05) is 36.4 Å². The van der Waals surface area contributed by atoms with E-state index in [1.54, 1.807) is 0 Å². The summed E-state index contributed by atoms with van der Waals surface area (Å²) in [5.74, 6) is 0.135. The lowest BCUT2D eigenvalue weighted by Gasteiger charge is -2.22. The number of hydrogen-bond donors (Lipinski definition) is 0. The van der Waals surface area contributed by atoms with Gasteiger partial charge in [-0.25, -0.2) is 0 Å². The Kier molecular flexibility index (Phi) is 3.34. The number of fused-ring (bicyclic) bond motifs is 1. The predicted molar refractivity (Wildman–Crippen MR) is 76.6 cm³/mol. The molecule has 0 bridgehead atoms. The van der Waals surface area contributed by atoms with Gasteiger partial charge in [0.2, 0.25) is 0 Å². The topological polar surface area (TPSA) is 26.3 Å². The first-order valence-corrected chi connectivity index (χ1v) is 6.91. The van der Waals surface area contributed by atoms with Crippen LogP contribution >= 0.6 is 0 Å². The van der Waals surface area contributed by atoms with Gasteiger partial charge in [0.15, 0.2) is 5.78 Å². The van der Waals surface area contributed by atoms with Crippen LogP contribution in [0.3, 0.4) is 0 Å². The molecule has 0 radical (unpaired) electrons. The van der Waals surface area contributed by atoms with Crippen molar-refractivity contribution in [3.8, 4) is 0 Å². The second kappa shape index (κ2) is 5.14. The molecule has 2 heteroatoms. The number of hydrogen-bond acceptors (Lipinski definition) is 2. The van der Waals surface area contributed by atoms with Crippen LogP contribution in [0.25, 0.3) is 10.8 Å². The average Bonchev–Trinajstić information content (AvgIpc) is 2.48. The summed E-state index contributed by atoms with van der Waals surface area (Å²) in [5.41, 5.74) is 2.00. The minimum Gasteiger partial charge on any atom is -0.370 e. The third-order valence-electron chi connectivity index (χ3n) is 3.88. The molecule has 1 unspecified atom stereocenters. The van der Waals surface area contributed by atoms with Gasteiger partial charge in [0.1, 0.15) is 6.10 Å². The van der Waals surface area contributed by atoms with Crippen molar-refractivity contribution >= 4 is 16.6 Å². The molecule has 19 heavy (non-hydrogen) atoms. The number of Topliss-reactive ketones (excluding diaryl/α,β-unsaturated/α-hetero) is 1. The van der Waals surface area contributed by atoms with Gasteiger partial charge in [-0.2, -0.15) is 0 Å². The van der Waals surface area contributed by atoms with Crippen molar-refractivity contribution in [1.82, 2.24) is 0 Å². The number of rotatable bonds is 2. The highest BCUT2D eigenvalue weighted by Gasteiger charge is 2.24. The van der Waals surface area contributed by atoms with Crippen LogP contribution in [-0.4, -0.2) is 18.5 Å². The van der Waals surface area contributed by atoms with Crippen molar-refractivity contribution in [1.29, 1.82) is 0 Å². The molecule has 0 aromatic heterocycles. The number of carbonyl (C=O) groups is 1. The van der Waals surface area contributed by atoms with E-state index in [0.29, 0.717) is 6.61 Å². The van der Waals surface area contributed by atoms with E-state index in [1.807, 2.05) is 30.3 Å². The molecule has 98 valence electrons. The molecule has 2 aromatic rings. The van der Waals surface area contributed by atoms with E-state index < -0.39 is 0 Å². The zero-order valence-corrected chi connectivity index (χ0v) is 11.2. The fourth-order valence-electron chi connectivity index (χ4n) is 2.79. The summed E-state index contributed by atoms with van der Waals surface area (Å²) in [6.07, 6.45) is 2.75. The minimum atomic E-state index is -0.250. The second-order valence-electron chi connectivity index (χ2n) is 5.20. The van der Waals surface area contributed by atoms with Gasteiger partial charge in [0.05, 0.1) is 0 Å². The van der Waals surface area contributed by atoms with Gasteiger partial charge in [-0.3, -0.25) is 4.79 Å². The van der Waals surface area contributed by atoms with Crippen molar-refractivity contribution in [3.05, 3.63) is 47.5 Å². The Bertz CT molecular complexity index is 610. The first kappa shape index (κ1) is 12.4. The average molecular weight is 254 g/mol. The molecule has 0 amide bonds. The summed E-state index contributed by atoms with van der Waals surface area (Å²) in [6, 6.07) is 12.1. The van der Waals surface area contributed by atoms with Gasteiger partial charge < -0.3 is 4.74 Å². The third kappa shape index (κ3) is 2.28. The number of ketones is 1. The van der Waals surface area contributed by atoms with Gasteiger partial charge in [-0.15, -0.1) is 0 Å². The first-order chi connectivity index (χ1) is 9.27. The standard InChI is InChI=1S/C17H18O2/c1-12-9-10-15(14-7-3-2-6-13(12)14)17(18)16-8-4-5-11-19-16/h2-3,6-7,9-10,16H,4-5,8,11H2,1H3. The van der Waals surface area contributed by atoms with Gasteiger partial charge in [0.25, 0.3) is 0 Å². The normalized spacial score (nSPS) is 19.5. The minimum absolute atomic E-state index is 0.135. The summed E-state index contributed by atoms with van der Waals surface area (Å²) >= 11 is 0. The predicted octanol–water partition coefficient (Wildman–Crippen LogP) is 3.90. The SMILES string of the molecule is Cc1ccc(C(=O)C2CCCCO2)c2ccccc12. The van der Waals surface area contributed by atoms with E-state index in [9.17, 15) is 4.79 Å². The van der Waals surface area contributed by atoms with E-state index in [2.05, 4.69) is 13.0 Å². The Balaban J connectivity index is 2.05. The number of benzene rings is 2. The maximum atomic E-state index is 12.6. The van der Waals surface area contributed by atoms with E-state index in [4.69, 9.17) is 4.74 Å². The van der Waals surface area contributed by atoms with E-state index in [-0.39, 0.29) is 11.9 Å². The Morgan fingerprint density at radius 3 is 2.63 bits per heavy atom. The van der Waals surface area contributed by atoms with Gasteiger partial charge >= 0.3 is 0 Å². The van der Waals surface area contributed by atoms with Crippen LogP contribution in [0.1, 0.15) is 35.2 Å². The number of aryl methyl sites for hydroxylation is 1. The van der Waals surface area contributed by atoms with Gasteiger partial charge in [-0.05, 0) is 42.5 Å². The zero-order valence-electron chi connectivity index (χ0n) is 11.2. The lowest BCUT2D eigenvalue weighted by atomic mass is 9.93. The Morgan fingerprint density at radius 1 is 1.11 bits per heavy atom. The smallest absolute Gasteiger partial charge is 0.192 e. The molecule has 1 saturated heterocycles. The lowest BCUT2D eigenvalue weighted by Crippen LogP contribution is -2.28. The molecule has 1 aliphatic heterocycles. The highest BCUT2D eigenvalue weighted by molar-refractivity contribution is 6.10. The fraction of sp³-hybridized carbons (Fsp3) is 0.353. The fourth-order valence-corrected chi connectivity index (χ4v) is 2.79. The van der Waals surface area contributed by atoms with Crippen LogP contribution in [0.2, 0.25) is 0 Å². The van der Waals surface area contributed by atoms with E-state index in [1.165, 1.54) is 5.56 Å². The van der Waals surface area contributed by atoms with Gasteiger partial charge in [0, 0.05) is 12.2 Å². The van der Waals surface area contributed by atoms with Crippen LogP contribution in [0.15, 0.2) is 36.4 Å². The van der Waals surface area contributed by atoms with Crippen molar-refractivity contribution in [2.45, 2.75) is 32.3 Å². The van der Waals surface area contributed by atoms with Crippen LogP contribution in [0, 0.1) is 6.92 Å². The van der Waals surface area contributed by atoms with Crippen LogP contribution < -0.4 is 0 Å². The summed E-state index contributed by atoms with van der Waals surface area (Å²) in [5, 5.41) is 2.20. The molecule has 1 heterocycles. The molecule has 0 spiro atoms. The molecule has 2 aromatic carbocycles. The molecule has 1 aliphatic rings. The summed E-state index contributed by atoms with van der Waals surface area (Å²) < 4.78 is 5.62. The molecule has 1 atom stereocenters. The summed E-state index contributed by atoms with van der Waals surface area (Å²) in [6.45, 7) is 2.79. The number of carbonyl (C=O) groups excluding carboxylic acids is 1. The van der Waals surface area contributed by atoms with Crippen molar-refractivity contribution in [3.63, 3.8) is 0 Å². The largest absolute Gasteiger partial charge is 0.370 e. The Morgan fingerprint density at radius 2 is 1.89 bits per heavy atom. The Hall–Kier alpha value is -1.67. The summed E-state index contributed by atoms with van der Waals surface area (Å²) in [4.78, 5) is 12.6. The third-order valence-corrected chi connectivity index (χ3v) is 3.88. The maximum absolute atomic E-state index is 12.6. The molecule has 0 N–H and O–H groups in total. The molecular formula is C17H18O2. The quantitative estimate of drug-likeness (QED) is 0.760. The Labute approximate surface area is 113 Å². The summed E-state index contributed by atoms with van der Waals surface area (Å²) in [7, 11) is 0.